The van der Waals surface area contributed by atoms with Crippen LogP contribution in [0.1, 0.15) is 45.8 Å². The minimum Gasteiger partial charge on any atom is -0.387 e. The number of rotatable bonds is 6. The van der Waals surface area contributed by atoms with Crippen molar-refractivity contribution in [3.8, 4) is 17.2 Å². The van der Waals surface area contributed by atoms with Gasteiger partial charge >= 0.3 is 0 Å². The van der Waals surface area contributed by atoms with Crippen molar-refractivity contribution >= 4 is 28.5 Å². The number of halogens is 1. The molecule has 9 heteroatoms. The van der Waals surface area contributed by atoms with E-state index in [9.17, 15) is 9.18 Å². The quantitative estimate of drug-likeness (QED) is 0.503. The van der Waals surface area contributed by atoms with E-state index < -0.39 is 5.82 Å². The number of ether oxygens (including phenoxy) is 1. The van der Waals surface area contributed by atoms with Gasteiger partial charge in [-0.3, -0.25) is 4.79 Å². The minimum atomic E-state index is -0.605. The maximum absolute atomic E-state index is 14.6. The van der Waals surface area contributed by atoms with Crippen molar-refractivity contribution < 1.29 is 13.9 Å². The van der Waals surface area contributed by atoms with Gasteiger partial charge in [-0.15, -0.1) is 11.3 Å². The molecule has 1 atom stereocenters. The number of benzene rings is 1. The van der Waals surface area contributed by atoms with Crippen LogP contribution in [-0.4, -0.2) is 54.9 Å². The Morgan fingerprint density at radius 1 is 1.34 bits per heavy atom. The molecule has 5 rings (SSSR count). The molecule has 1 amide bonds. The van der Waals surface area contributed by atoms with E-state index in [1.165, 1.54) is 23.5 Å². The van der Waals surface area contributed by atoms with E-state index in [4.69, 9.17) is 21.1 Å². The summed E-state index contributed by atoms with van der Waals surface area (Å²) in [5.74, 6) is -0.693. The van der Waals surface area contributed by atoms with Gasteiger partial charge in [0.05, 0.1) is 22.3 Å². The number of thiophene rings is 1. The van der Waals surface area contributed by atoms with E-state index in [0.717, 1.165) is 41.7 Å². The Kier molecular flexibility index (Phi) is 7.56. The molecule has 38 heavy (non-hydrogen) atoms. The van der Waals surface area contributed by atoms with Crippen molar-refractivity contribution in [1.82, 2.24) is 10.2 Å². The molecule has 3 aliphatic rings. The third kappa shape index (κ3) is 5.34. The van der Waals surface area contributed by atoms with Crippen LogP contribution in [0.2, 0.25) is 0 Å². The van der Waals surface area contributed by atoms with Gasteiger partial charge in [0.2, 0.25) is 0 Å². The summed E-state index contributed by atoms with van der Waals surface area (Å²) in [5.41, 5.74) is 9.32. The second-order valence-corrected chi connectivity index (χ2v) is 11.0. The van der Waals surface area contributed by atoms with Gasteiger partial charge in [0.25, 0.3) is 5.91 Å². The highest BCUT2D eigenvalue weighted by atomic mass is 32.1. The monoisotopic (exact) mass is 531 g/mol. The van der Waals surface area contributed by atoms with Crippen molar-refractivity contribution in [3.63, 3.8) is 0 Å². The maximum atomic E-state index is 14.6. The average Bonchev–Trinajstić information content (AvgIpc) is 3.34. The Bertz CT molecular complexity index is 1400. The van der Waals surface area contributed by atoms with E-state index >= 15 is 0 Å². The lowest BCUT2D eigenvalue weighted by Crippen LogP contribution is -2.45. The van der Waals surface area contributed by atoms with Crippen LogP contribution in [0.15, 0.2) is 54.3 Å². The average molecular weight is 532 g/mol. The number of carbonyl (C=O) groups is 1. The molecule has 1 saturated carbocycles. The van der Waals surface area contributed by atoms with Crippen molar-refractivity contribution in [1.29, 1.82) is 10.7 Å². The number of hydrogen-bond donors (Lipinski definition) is 3. The molecule has 1 aliphatic heterocycles. The summed E-state index contributed by atoms with van der Waals surface area (Å²) in [6, 6.07) is 8.43. The zero-order chi connectivity index (χ0) is 26.8. The summed E-state index contributed by atoms with van der Waals surface area (Å²) < 4.78 is 19.9. The SMILES string of the molecule is COC1CC(N/C=C2/C=C(c3sc(C(=O)N4CCC[C@@H](N)C4)cc3-c3ccc(C#N)c(F)c3)C=CC2=N)C1. The van der Waals surface area contributed by atoms with Crippen LogP contribution in [0.4, 0.5) is 4.39 Å². The van der Waals surface area contributed by atoms with E-state index in [1.54, 1.807) is 30.2 Å². The number of carbonyl (C=O) groups excluding carboxylic acids is 1. The molecule has 7 nitrogen and oxygen atoms in total. The van der Waals surface area contributed by atoms with Gasteiger partial charge in [-0.1, -0.05) is 12.1 Å². The molecule has 0 bridgehead atoms. The second-order valence-electron chi connectivity index (χ2n) is 9.95. The van der Waals surface area contributed by atoms with Gasteiger partial charge in [0.1, 0.15) is 11.9 Å². The summed E-state index contributed by atoms with van der Waals surface area (Å²) >= 11 is 1.35. The predicted molar refractivity (Wildman–Crippen MR) is 147 cm³/mol. The molecule has 4 N–H and O–H groups in total. The second kappa shape index (κ2) is 11.0. The Labute approximate surface area is 225 Å². The number of piperidine rings is 1. The van der Waals surface area contributed by atoms with Crippen LogP contribution in [-0.2, 0) is 4.74 Å². The molecular weight excluding hydrogens is 501 g/mol. The highest BCUT2D eigenvalue weighted by Gasteiger charge is 2.29. The first-order valence-electron chi connectivity index (χ1n) is 12.7. The fourth-order valence-electron chi connectivity index (χ4n) is 4.97. The van der Waals surface area contributed by atoms with Gasteiger partial charge in [-0.05, 0) is 67.2 Å². The number of allylic oxidation sites excluding steroid dienone is 5. The van der Waals surface area contributed by atoms with E-state index in [0.29, 0.717) is 40.8 Å². The number of likely N-dealkylation sites (tertiary alicyclic amines) is 1. The topological polar surface area (TPSA) is 115 Å². The molecule has 2 heterocycles. The number of methoxy groups -OCH3 is 1. The first-order chi connectivity index (χ1) is 18.4. The zero-order valence-electron chi connectivity index (χ0n) is 21.2. The smallest absolute Gasteiger partial charge is 0.264 e. The number of nitrogens with one attached hydrogen (secondary N) is 2. The highest BCUT2D eigenvalue weighted by molar-refractivity contribution is 7.15. The number of nitriles is 1. The third-order valence-corrected chi connectivity index (χ3v) is 8.48. The van der Waals surface area contributed by atoms with Crippen LogP contribution in [0.3, 0.4) is 0 Å². The molecular formula is C29H30FN5O2S. The predicted octanol–water partition coefficient (Wildman–Crippen LogP) is 4.61. The Hall–Kier alpha value is -3.58. The third-order valence-electron chi connectivity index (χ3n) is 7.30. The summed E-state index contributed by atoms with van der Waals surface area (Å²) in [4.78, 5) is 16.6. The molecule has 0 radical (unpaired) electrons. The lowest BCUT2D eigenvalue weighted by atomic mass is 9.89. The van der Waals surface area contributed by atoms with Gasteiger partial charge in [-0.2, -0.15) is 5.26 Å². The number of nitrogens with zero attached hydrogens (tertiary/aromatic N) is 2. The Balaban J connectivity index is 1.51. The van der Waals surface area contributed by atoms with Gasteiger partial charge in [0, 0.05) is 54.5 Å². The van der Waals surface area contributed by atoms with Crippen LogP contribution < -0.4 is 11.1 Å². The van der Waals surface area contributed by atoms with E-state index in [-0.39, 0.29) is 23.6 Å². The summed E-state index contributed by atoms with van der Waals surface area (Å²) in [6.45, 7) is 1.17. The number of nitrogens with two attached hydrogens (primary N) is 1. The zero-order valence-corrected chi connectivity index (χ0v) is 22.0. The van der Waals surface area contributed by atoms with Crippen LogP contribution in [0.25, 0.3) is 16.7 Å². The summed E-state index contributed by atoms with van der Waals surface area (Å²) in [5, 5.41) is 20.9. The van der Waals surface area contributed by atoms with Gasteiger partial charge in [0.15, 0.2) is 0 Å². The van der Waals surface area contributed by atoms with E-state index in [2.05, 4.69) is 5.32 Å². The molecule has 0 unspecified atom stereocenters. The molecule has 2 aromatic rings. The number of amides is 1. The Morgan fingerprint density at radius 3 is 2.87 bits per heavy atom. The lowest BCUT2D eigenvalue weighted by molar-refractivity contribution is 0.0211. The summed E-state index contributed by atoms with van der Waals surface area (Å²) in [7, 11) is 1.72. The minimum absolute atomic E-state index is 0.0302. The van der Waals surface area contributed by atoms with Crippen molar-refractivity contribution in [2.24, 2.45) is 5.73 Å². The molecule has 2 aliphatic carbocycles. The largest absolute Gasteiger partial charge is 0.387 e. The molecule has 1 aromatic heterocycles. The fraction of sp³-hybridized carbons (Fsp3) is 0.345. The molecule has 0 spiro atoms. The first-order valence-corrected chi connectivity index (χ1v) is 13.5. The Morgan fingerprint density at radius 2 is 2.16 bits per heavy atom. The number of hydrogen-bond acceptors (Lipinski definition) is 7. The molecule has 1 saturated heterocycles. The fourth-order valence-corrected chi connectivity index (χ4v) is 6.12. The molecule has 196 valence electrons. The van der Waals surface area contributed by atoms with Crippen LogP contribution in [0, 0.1) is 22.6 Å². The first kappa shape index (κ1) is 26.0. The lowest BCUT2D eigenvalue weighted by Gasteiger charge is -2.34. The van der Waals surface area contributed by atoms with Crippen LogP contribution in [0.5, 0.6) is 0 Å². The summed E-state index contributed by atoms with van der Waals surface area (Å²) in [6.07, 6.45) is 11.2. The molecule has 1 aromatic carbocycles. The standard InChI is InChI=1S/C29H30FN5O2S/c1-37-23-11-22(12-23)34-15-20-9-18(6-7-26(20)33)28-24(17-4-5-19(14-31)25(30)10-17)13-27(38-28)29(36)35-8-2-3-21(32)16-35/h4-7,9-10,13,15,21-23,33-34H,2-3,8,11-12,16,32H2,1H3/b20-15-,33-26?/t21-,22?,23?/m1/s1. The van der Waals surface area contributed by atoms with Crippen molar-refractivity contribution in [2.75, 3.05) is 20.2 Å². The van der Waals surface area contributed by atoms with Crippen LogP contribution >= 0.6 is 11.3 Å². The van der Waals surface area contributed by atoms with Gasteiger partial charge in [-0.25, -0.2) is 4.39 Å². The van der Waals surface area contributed by atoms with Gasteiger partial charge < -0.3 is 26.1 Å². The highest BCUT2D eigenvalue weighted by Crippen LogP contribution is 2.40. The van der Waals surface area contributed by atoms with Crippen molar-refractivity contribution in [3.05, 3.63) is 75.4 Å². The molecule has 2 fully saturated rings. The van der Waals surface area contributed by atoms with Crippen molar-refractivity contribution in [2.45, 2.75) is 43.9 Å². The van der Waals surface area contributed by atoms with E-state index in [1.807, 2.05) is 24.4 Å². The normalized spacial score (nSPS) is 24.1. The maximum Gasteiger partial charge on any atom is 0.264 e.